The lowest BCUT2D eigenvalue weighted by Gasteiger charge is -2.12. The molecule has 1 N–H and O–H groups in total. The van der Waals surface area contributed by atoms with E-state index in [1.807, 2.05) is 13.8 Å². The van der Waals surface area contributed by atoms with Gasteiger partial charge in [-0.2, -0.15) is 0 Å². The first-order valence-corrected chi connectivity index (χ1v) is 10.7. The molecule has 1 atom stereocenters. The zero-order valence-electron chi connectivity index (χ0n) is 15.8. The Morgan fingerprint density at radius 1 is 1.18 bits per heavy atom. The molecule has 148 valence electrons. The minimum Gasteiger partial charge on any atom is -0.479 e. The Morgan fingerprint density at radius 3 is 2.50 bits per heavy atom. The number of sulfone groups is 1. The van der Waals surface area contributed by atoms with Crippen LogP contribution >= 0.6 is 11.6 Å². The van der Waals surface area contributed by atoms with E-state index in [-0.39, 0.29) is 10.6 Å². The van der Waals surface area contributed by atoms with Gasteiger partial charge in [-0.25, -0.2) is 13.2 Å². The molecular weight excluding hydrogens is 400 g/mol. The topological polar surface area (TPSA) is 80.7 Å². The van der Waals surface area contributed by atoms with E-state index in [0.29, 0.717) is 28.3 Å². The summed E-state index contributed by atoms with van der Waals surface area (Å²) in [7, 11) is -3.35. The highest BCUT2D eigenvalue weighted by atomic mass is 35.5. The fourth-order valence-corrected chi connectivity index (χ4v) is 3.91. The molecule has 0 aromatic heterocycles. The standard InChI is InChI=1S/C21H21ClO5S/c1-4-11-28(25,26)19-9-5-14(2)16(13-19)6-7-17-12-18(22)8-10-20(17)27-15(3)21(23)24/h5,8-10,12-13,15H,4,11H2,1-3H3,(H,23,24). The fourth-order valence-electron chi connectivity index (χ4n) is 2.39. The Bertz CT molecular complexity index is 1050. The molecule has 0 fully saturated rings. The summed E-state index contributed by atoms with van der Waals surface area (Å²) in [4.78, 5) is 11.3. The maximum atomic E-state index is 12.3. The van der Waals surface area contributed by atoms with Gasteiger partial charge < -0.3 is 9.84 Å². The van der Waals surface area contributed by atoms with Crippen LogP contribution in [0.3, 0.4) is 0 Å². The number of hydrogen-bond donors (Lipinski definition) is 1. The fraction of sp³-hybridized carbons (Fsp3) is 0.286. The highest BCUT2D eigenvalue weighted by Crippen LogP contribution is 2.24. The van der Waals surface area contributed by atoms with Gasteiger partial charge in [-0.3, -0.25) is 0 Å². The maximum Gasteiger partial charge on any atom is 0.344 e. The molecule has 0 saturated carbocycles. The number of carboxylic acids is 1. The highest BCUT2D eigenvalue weighted by molar-refractivity contribution is 7.91. The molecular formula is C21H21ClO5S. The lowest BCUT2D eigenvalue weighted by molar-refractivity contribution is -0.144. The van der Waals surface area contributed by atoms with Crippen molar-refractivity contribution in [1.29, 1.82) is 0 Å². The van der Waals surface area contributed by atoms with Crippen molar-refractivity contribution in [3.63, 3.8) is 0 Å². The van der Waals surface area contributed by atoms with Crippen LogP contribution in [-0.4, -0.2) is 31.4 Å². The molecule has 2 aromatic carbocycles. The summed E-state index contributed by atoms with van der Waals surface area (Å²) in [6.07, 6.45) is -0.520. The number of halogens is 1. The molecule has 0 amide bonds. The minimum absolute atomic E-state index is 0.0717. The molecule has 0 bridgehead atoms. The van der Waals surface area contributed by atoms with E-state index in [0.717, 1.165) is 5.56 Å². The number of hydrogen-bond acceptors (Lipinski definition) is 4. The number of benzene rings is 2. The average molecular weight is 421 g/mol. The Morgan fingerprint density at radius 2 is 1.86 bits per heavy atom. The smallest absolute Gasteiger partial charge is 0.344 e. The second kappa shape index (κ2) is 9.13. The van der Waals surface area contributed by atoms with Crippen LogP contribution in [0.1, 0.15) is 37.0 Å². The van der Waals surface area contributed by atoms with Gasteiger partial charge in [-0.05, 0) is 56.2 Å². The van der Waals surface area contributed by atoms with Crippen LogP contribution < -0.4 is 4.74 Å². The largest absolute Gasteiger partial charge is 0.479 e. The van der Waals surface area contributed by atoms with E-state index in [2.05, 4.69) is 11.8 Å². The number of ether oxygens (including phenoxy) is 1. The van der Waals surface area contributed by atoms with Gasteiger partial charge in [0.25, 0.3) is 0 Å². The quantitative estimate of drug-likeness (QED) is 0.712. The third kappa shape index (κ3) is 5.51. The molecule has 7 heteroatoms. The zero-order valence-corrected chi connectivity index (χ0v) is 17.4. The molecule has 0 heterocycles. The molecule has 2 aromatic rings. The van der Waals surface area contributed by atoms with Gasteiger partial charge in [0.2, 0.25) is 0 Å². The van der Waals surface area contributed by atoms with Gasteiger partial charge in [-0.1, -0.05) is 36.4 Å². The number of aliphatic carboxylic acids is 1. The normalized spacial score (nSPS) is 12.0. The Hall–Kier alpha value is -2.49. The van der Waals surface area contributed by atoms with E-state index in [4.69, 9.17) is 21.4 Å². The van der Waals surface area contributed by atoms with E-state index in [1.54, 1.807) is 36.4 Å². The van der Waals surface area contributed by atoms with Crippen molar-refractivity contribution >= 4 is 27.4 Å². The zero-order chi connectivity index (χ0) is 20.9. The lowest BCUT2D eigenvalue weighted by atomic mass is 10.1. The molecule has 0 saturated heterocycles. The Kier molecular flexibility index (Phi) is 7.11. The molecule has 5 nitrogen and oxygen atoms in total. The van der Waals surface area contributed by atoms with Crippen molar-refractivity contribution in [2.75, 3.05) is 5.75 Å². The summed E-state index contributed by atoms with van der Waals surface area (Å²) in [5.74, 6) is 5.14. The molecule has 1 unspecified atom stereocenters. The number of carbonyl (C=O) groups is 1. The van der Waals surface area contributed by atoms with E-state index >= 15 is 0 Å². The summed E-state index contributed by atoms with van der Waals surface area (Å²) in [5, 5.41) is 9.47. The van der Waals surface area contributed by atoms with Crippen LogP contribution in [-0.2, 0) is 14.6 Å². The van der Waals surface area contributed by atoms with Crippen molar-refractivity contribution in [2.45, 2.75) is 38.2 Å². The monoisotopic (exact) mass is 420 g/mol. The number of rotatable bonds is 6. The highest BCUT2D eigenvalue weighted by Gasteiger charge is 2.15. The first-order chi connectivity index (χ1) is 13.1. The van der Waals surface area contributed by atoms with Crippen molar-refractivity contribution in [3.8, 4) is 17.6 Å². The van der Waals surface area contributed by atoms with E-state index < -0.39 is 21.9 Å². The first kappa shape index (κ1) is 21.8. The van der Waals surface area contributed by atoms with Crippen molar-refractivity contribution < 1.29 is 23.1 Å². The van der Waals surface area contributed by atoms with Crippen LogP contribution in [0.4, 0.5) is 0 Å². The molecule has 0 spiro atoms. The molecule has 0 radical (unpaired) electrons. The second-order valence-electron chi connectivity index (χ2n) is 6.28. The van der Waals surface area contributed by atoms with Gasteiger partial charge >= 0.3 is 5.97 Å². The molecule has 0 aliphatic heterocycles. The summed E-state index contributed by atoms with van der Waals surface area (Å²) >= 11 is 6.03. The van der Waals surface area contributed by atoms with Crippen LogP contribution in [0.15, 0.2) is 41.3 Å². The van der Waals surface area contributed by atoms with Gasteiger partial charge in [-0.15, -0.1) is 0 Å². The first-order valence-electron chi connectivity index (χ1n) is 8.68. The predicted octanol–water partition coefficient (Wildman–Crippen LogP) is 4.08. The van der Waals surface area contributed by atoms with Gasteiger partial charge in [0.1, 0.15) is 5.75 Å². The molecule has 0 aliphatic rings. The summed E-state index contributed by atoms with van der Waals surface area (Å²) in [6.45, 7) is 5.06. The van der Waals surface area contributed by atoms with Crippen molar-refractivity contribution in [3.05, 3.63) is 58.1 Å². The summed E-state index contributed by atoms with van der Waals surface area (Å²) in [5.41, 5.74) is 1.81. The van der Waals surface area contributed by atoms with Crippen LogP contribution in [0.5, 0.6) is 5.75 Å². The van der Waals surface area contributed by atoms with Crippen LogP contribution in [0, 0.1) is 18.8 Å². The van der Waals surface area contributed by atoms with E-state index in [1.165, 1.54) is 6.92 Å². The summed E-state index contributed by atoms with van der Waals surface area (Å²) in [6, 6.07) is 9.56. The average Bonchev–Trinajstić information content (AvgIpc) is 2.62. The molecule has 2 rings (SSSR count). The summed E-state index contributed by atoms with van der Waals surface area (Å²) < 4.78 is 30.1. The third-order valence-corrected chi connectivity index (χ3v) is 6.12. The number of aryl methyl sites for hydroxylation is 1. The van der Waals surface area contributed by atoms with Gasteiger partial charge in [0.15, 0.2) is 15.9 Å². The van der Waals surface area contributed by atoms with Crippen LogP contribution in [0.2, 0.25) is 5.02 Å². The van der Waals surface area contributed by atoms with Crippen LogP contribution in [0.25, 0.3) is 0 Å². The van der Waals surface area contributed by atoms with Gasteiger partial charge in [0.05, 0.1) is 16.2 Å². The lowest BCUT2D eigenvalue weighted by Crippen LogP contribution is -2.23. The second-order valence-corrected chi connectivity index (χ2v) is 8.83. The minimum atomic E-state index is -3.35. The predicted molar refractivity (Wildman–Crippen MR) is 109 cm³/mol. The third-order valence-electron chi connectivity index (χ3n) is 3.97. The Balaban J connectivity index is 2.46. The van der Waals surface area contributed by atoms with E-state index in [9.17, 15) is 13.2 Å². The van der Waals surface area contributed by atoms with Crippen molar-refractivity contribution in [2.24, 2.45) is 0 Å². The van der Waals surface area contributed by atoms with Gasteiger partial charge in [0, 0.05) is 10.6 Å². The van der Waals surface area contributed by atoms with Crippen molar-refractivity contribution in [1.82, 2.24) is 0 Å². The molecule has 0 aliphatic carbocycles. The maximum absolute atomic E-state index is 12.3. The molecule has 28 heavy (non-hydrogen) atoms. The SMILES string of the molecule is CCCS(=O)(=O)c1ccc(C)c(C#Cc2cc(Cl)ccc2OC(C)C(=O)O)c1. The Labute approximate surface area is 170 Å². The number of carboxylic acid groups (broad SMARTS) is 1.